The van der Waals surface area contributed by atoms with Gasteiger partial charge in [-0.05, 0) is 26.2 Å². The molecule has 2 aromatic heterocycles. The second-order valence-electron chi connectivity index (χ2n) is 5.45. The molecule has 1 amide bonds. The van der Waals surface area contributed by atoms with Crippen molar-refractivity contribution >= 4 is 5.91 Å². The first-order chi connectivity index (χ1) is 10.7. The summed E-state index contributed by atoms with van der Waals surface area (Å²) in [5, 5.41) is 14.8. The number of nitrogens with zero attached hydrogens (tertiary/aromatic N) is 5. The maximum atomic E-state index is 12.4. The zero-order chi connectivity index (χ0) is 15.5. The van der Waals surface area contributed by atoms with Crippen LogP contribution in [0.15, 0.2) is 18.6 Å². The van der Waals surface area contributed by atoms with Crippen LogP contribution in [0.4, 0.5) is 0 Å². The summed E-state index contributed by atoms with van der Waals surface area (Å²) in [6.07, 6.45) is 7.83. The minimum atomic E-state index is -0.154. The molecule has 2 heterocycles. The molecule has 2 atom stereocenters. The molecule has 0 bridgehead atoms. The van der Waals surface area contributed by atoms with E-state index in [9.17, 15) is 4.79 Å². The van der Waals surface area contributed by atoms with Crippen molar-refractivity contribution in [2.24, 2.45) is 7.05 Å². The van der Waals surface area contributed by atoms with Crippen LogP contribution in [-0.2, 0) is 13.6 Å². The number of carbonyl (C=O) groups excluding carboxylic acids is 1. The SMILES string of the molecule is CCn1nncc1C(=O)N[C@H]1CCC[C@H]1Oc1cnn(C)c1. The van der Waals surface area contributed by atoms with Gasteiger partial charge in [-0.15, -0.1) is 5.10 Å². The first-order valence-corrected chi connectivity index (χ1v) is 7.52. The number of hydrogen-bond acceptors (Lipinski definition) is 5. The Hall–Kier alpha value is -2.38. The fraction of sp³-hybridized carbons (Fsp3) is 0.571. The normalized spacial score (nSPS) is 21.0. The smallest absolute Gasteiger partial charge is 0.271 e. The number of aryl methyl sites for hydroxylation is 2. The summed E-state index contributed by atoms with van der Waals surface area (Å²) in [7, 11) is 1.85. The molecule has 8 heteroatoms. The second-order valence-corrected chi connectivity index (χ2v) is 5.45. The van der Waals surface area contributed by atoms with Gasteiger partial charge >= 0.3 is 0 Å². The van der Waals surface area contributed by atoms with Gasteiger partial charge in [-0.1, -0.05) is 5.21 Å². The van der Waals surface area contributed by atoms with Crippen LogP contribution in [0.3, 0.4) is 0 Å². The molecular formula is C14H20N6O2. The molecule has 1 saturated carbocycles. The Labute approximate surface area is 128 Å². The third-order valence-electron chi connectivity index (χ3n) is 3.89. The zero-order valence-corrected chi connectivity index (χ0v) is 12.8. The average molecular weight is 304 g/mol. The topological polar surface area (TPSA) is 86.9 Å². The van der Waals surface area contributed by atoms with E-state index in [2.05, 4.69) is 20.7 Å². The lowest BCUT2D eigenvalue weighted by molar-refractivity contribution is 0.0883. The molecule has 0 aromatic carbocycles. The fourth-order valence-electron chi connectivity index (χ4n) is 2.78. The lowest BCUT2D eigenvalue weighted by Crippen LogP contribution is -2.43. The molecule has 0 spiro atoms. The summed E-state index contributed by atoms with van der Waals surface area (Å²) in [6.45, 7) is 2.54. The van der Waals surface area contributed by atoms with Crippen molar-refractivity contribution in [2.45, 2.75) is 44.9 Å². The molecule has 22 heavy (non-hydrogen) atoms. The van der Waals surface area contributed by atoms with Gasteiger partial charge in [-0.2, -0.15) is 5.10 Å². The van der Waals surface area contributed by atoms with E-state index in [0.717, 1.165) is 25.0 Å². The quantitative estimate of drug-likeness (QED) is 0.881. The van der Waals surface area contributed by atoms with Crippen LogP contribution in [-0.4, -0.2) is 42.8 Å². The summed E-state index contributed by atoms with van der Waals surface area (Å²) in [6, 6.07) is -0.00656. The molecule has 1 aliphatic carbocycles. The Morgan fingerprint density at radius 3 is 3.05 bits per heavy atom. The summed E-state index contributed by atoms with van der Waals surface area (Å²) in [5.74, 6) is 0.576. The lowest BCUT2D eigenvalue weighted by Gasteiger charge is -2.21. The molecule has 3 rings (SSSR count). The Morgan fingerprint density at radius 2 is 2.32 bits per heavy atom. The van der Waals surface area contributed by atoms with E-state index in [1.165, 1.54) is 6.20 Å². The van der Waals surface area contributed by atoms with Gasteiger partial charge in [0.15, 0.2) is 5.75 Å². The standard InChI is InChI=1S/C14H20N6O2/c1-3-20-12(8-15-18-20)14(21)17-11-5-4-6-13(11)22-10-7-16-19(2)9-10/h7-9,11,13H,3-6H2,1-2H3,(H,17,21)/t11-,13+/m0/s1. The number of nitrogens with one attached hydrogen (secondary N) is 1. The Kier molecular flexibility index (Phi) is 4.08. The fourth-order valence-corrected chi connectivity index (χ4v) is 2.78. The summed E-state index contributed by atoms with van der Waals surface area (Å²) >= 11 is 0. The predicted molar refractivity (Wildman–Crippen MR) is 78.4 cm³/mol. The van der Waals surface area contributed by atoms with Crippen molar-refractivity contribution in [3.63, 3.8) is 0 Å². The van der Waals surface area contributed by atoms with Gasteiger partial charge in [0.1, 0.15) is 11.8 Å². The van der Waals surface area contributed by atoms with Crippen LogP contribution in [0.2, 0.25) is 0 Å². The highest BCUT2D eigenvalue weighted by Crippen LogP contribution is 2.24. The number of rotatable bonds is 5. The maximum absolute atomic E-state index is 12.4. The molecular weight excluding hydrogens is 284 g/mol. The van der Waals surface area contributed by atoms with E-state index in [0.29, 0.717) is 12.2 Å². The van der Waals surface area contributed by atoms with Gasteiger partial charge < -0.3 is 10.1 Å². The van der Waals surface area contributed by atoms with Crippen LogP contribution in [0.5, 0.6) is 5.75 Å². The molecule has 1 N–H and O–H groups in total. The monoisotopic (exact) mass is 304 g/mol. The van der Waals surface area contributed by atoms with Gasteiger partial charge in [-0.3, -0.25) is 9.48 Å². The Morgan fingerprint density at radius 1 is 1.45 bits per heavy atom. The maximum Gasteiger partial charge on any atom is 0.271 e. The van der Waals surface area contributed by atoms with Gasteiger partial charge in [0.25, 0.3) is 5.91 Å². The lowest BCUT2D eigenvalue weighted by atomic mass is 10.2. The second kappa shape index (κ2) is 6.17. The number of amides is 1. The third-order valence-corrected chi connectivity index (χ3v) is 3.89. The first-order valence-electron chi connectivity index (χ1n) is 7.52. The average Bonchev–Trinajstić information content (AvgIpc) is 3.21. The zero-order valence-electron chi connectivity index (χ0n) is 12.8. The van der Waals surface area contributed by atoms with Crippen LogP contribution in [0.25, 0.3) is 0 Å². The third kappa shape index (κ3) is 2.95. The molecule has 118 valence electrons. The Balaban J connectivity index is 1.64. The number of ether oxygens (including phenoxy) is 1. The minimum Gasteiger partial charge on any atom is -0.485 e. The van der Waals surface area contributed by atoms with Crippen molar-refractivity contribution < 1.29 is 9.53 Å². The van der Waals surface area contributed by atoms with Crippen molar-refractivity contribution in [2.75, 3.05) is 0 Å². The first kappa shape index (κ1) is 14.6. The van der Waals surface area contributed by atoms with E-state index in [1.807, 2.05) is 20.2 Å². The van der Waals surface area contributed by atoms with E-state index in [4.69, 9.17) is 4.74 Å². The van der Waals surface area contributed by atoms with Gasteiger partial charge in [0, 0.05) is 13.6 Å². The minimum absolute atomic E-state index is 0.00656. The molecule has 0 unspecified atom stereocenters. The van der Waals surface area contributed by atoms with E-state index >= 15 is 0 Å². The van der Waals surface area contributed by atoms with Crippen molar-refractivity contribution in [3.05, 3.63) is 24.3 Å². The highest BCUT2D eigenvalue weighted by molar-refractivity contribution is 5.92. The van der Waals surface area contributed by atoms with Gasteiger partial charge in [0.2, 0.25) is 0 Å². The van der Waals surface area contributed by atoms with Crippen LogP contribution in [0, 0.1) is 0 Å². The summed E-state index contributed by atoms with van der Waals surface area (Å²) in [5.41, 5.74) is 0.481. The molecule has 0 saturated heterocycles. The van der Waals surface area contributed by atoms with E-state index in [1.54, 1.807) is 15.6 Å². The largest absolute Gasteiger partial charge is 0.485 e. The number of carbonyl (C=O) groups is 1. The molecule has 0 aliphatic heterocycles. The van der Waals surface area contributed by atoms with Crippen LogP contribution < -0.4 is 10.1 Å². The summed E-state index contributed by atoms with van der Waals surface area (Å²) in [4.78, 5) is 12.4. The van der Waals surface area contributed by atoms with Crippen molar-refractivity contribution in [1.82, 2.24) is 30.1 Å². The Bertz CT molecular complexity index is 649. The number of aromatic nitrogens is 5. The van der Waals surface area contributed by atoms with Gasteiger partial charge in [-0.25, -0.2) is 4.68 Å². The van der Waals surface area contributed by atoms with Crippen molar-refractivity contribution in [3.8, 4) is 5.75 Å². The van der Waals surface area contributed by atoms with Gasteiger partial charge in [0.05, 0.1) is 24.6 Å². The molecule has 0 radical (unpaired) electrons. The molecule has 1 aliphatic rings. The van der Waals surface area contributed by atoms with Crippen molar-refractivity contribution in [1.29, 1.82) is 0 Å². The van der Waals surface area contributed by atoms with E-state index < -0.39 is 0 Å². The molecule has 2 aromatic rings. The predicted octanol–water partition coefficient (Wildman–Crippen LogP) is 0.761. The molecule has 1 fully saturated rings. The number of hydrogen-bond donors (Lipinski definition) is 1. The van der Waals surface area contributed by atoms with Crippen LogP contribution >= 0.6 is 0 Å². The van der Waals surface area contributed by atoms with Crippen LogP contribution in [0.1, 0.15) is 36.7 Å². The molecule has 8 nitrogen and oxygen atoms in total. The summed E-state index contributed by atoms with van der Waals surface area (Å²) < 4.78 is 9.23. The highest BCUT2D eigenvalue weighted by Gasteiger charge is 2.31. The van der Waals surface area contributed by atoms with E-state index in [-0.39, 0.29) is 18.1 Å². The highest BCUT2D eigenvalue weighted by atomic mass is 16.5.